The molecule has 0 aromatic heterocycles. The summed E-state index contributed by atoms with van der Waals surface area (Å²) in [4.78, 5) is 26.3. The minimum atomic E-state index is -1.11. The van der Waals surface area contributed by atoms with Crippen molar-refractivity contribution < 1.29 is 28.5 Å². The van der Waals surface area contributed by atoms with Crippen molar-refractivity contribution in [2.75, 3.05) is 21.0 Å². The Bertz CT molecular complexity index is 870. The van der Waals surface area contributed by atoms with Gasteiger partial charge in [-0.1, -0.05) is 13.0 Å². The monoisotopic (exact) mass is 370 g/mol. The SMILES string of the molecule is C=CCC1=C[C@@]2(OC)C(=O)[C@@H](C1=O)[C@H](c1cc(OC)c3c(c1)OCO3)[C@H]2C. The molecule has 3 aliphatic rings. The number of hydrogen-bond donors (Lipinski definition) is 0. The van der Waals surface area contributed by atoms with E-state index in [9.17, 15) is 9.59 Å². The van der Waals surface area contributed by atoms with Gasteiger partial charge in [-0.25, -0.2) is 0 Å². The van der Waals surface area contributed by atoms with Gasteiger partial charge in [0, 0.05) is 18.9 Å². The predicted octanol–water partition coefficient (Wildman–Crippen LogP) is 2.81. The number of methoxy groups -OCH3 is 2. The molecular weight excluding hydrogens is 348 g/mol. The molecule has 2 aliphatic carbocycles. The lowest BCUT2D eigenvalue weighted by atomic mass is 9.79. The van der Waals surface area contributed by atoms with Crippen LogP contribution in [0.5, 0.6) is 17.2 Å². The summed E-state index contributed by atoms with van der Waals surface area (Å²) in [6, 6.07) is 3.66. The Morgan fingerprint density at radius 3 is 2.74 bits per heavy atom. The highest BCUT2D eigenvalue weighted by atomic mass is 16.7. The van der Waals surface area contributed by atoms with Crippen molar-refractivity contribution in [1.29, 1.82) is 0 Å². The molecule has 1 aromatic carbocycles. The summed E-state index contributed by atoms with van der Waals surface area (Å²) >= 11 is 0. The van der Waals surface area contributed by atoms with Crippen molar-refractivity contribution in [3.63, 3.8) is 0 Å². The van der Waals surface area contributed by atoms with Crippen LogP contribution in [0.25, 0.3) is 0 Å². The average Bonchev–Trinajstić information content (AvgIpc) is 3.20. The highest BCUT2D eigenvalue weighted by molar-refractivity contribution is 6.19. The van der Waals surface area contributed by atoms with Crippen LogP contribution in [0, 0.1) is 11.8 Å². The molecule has 0 saturated heterocycles. The van der Waals surface area contributed by atoms with Crippen LogP contribution in [0.1, 0.15) is 24.8 Å². The fourth-order valence-corrected chi connectivity index (χ4v) is 4.68. The standard InChI is InChI=1S/C21H22O6/c1-5-6-12-9-21(25-4)11(2)16(17(18(12)22)20(21)23)13-7-14(24-3)19-15(8-13)26-10-27-19/h5,7-9,11,16-17H,1,6,10H2,2-4H3/t11-,16+,17-,21+/m1/s1. The fraction of sp³-hybridized carbons (Fsp3) is 0.429. The van der Waals surface area contributed by atoms with Crippen molar-refractivity contribution >= 4 is 11.6 Å². The molecule has 1 heterocycles. The molecule has 0 amide bonds. The number of carbonyl (C=O) groups excluding carboxylic acids is 2. The van der Waals surface area contributed by atoms with Gasteiger partial charge >= 0.3 is 0 Å². The number of benzene rings is 1. The summed E-state index contributed by atoms with van der Waals surface area (Å²) in [5.74, 6) is -0.0638. The normalized spacial score (nSPS) is 31.1. The third-order valence-electron chi connectivity index (χ3n) is 6.00. The van der Waals surface area contributed by atoms with E-state index < -0.39 is 11.5 Å². The van der Waals surface area contributed by atoms with Crippen molar-refractivity contribution in [3.05, 3.63) is 42.0 Å². The summed E-state index contributed by atoms with van der Waals surface area (Å²) in [7, 11) is 3.07. The van der Waals surface area contributed by atoms with Crippen LogP contribution in [0.2, 0.25) is 0 Å². The van der Waals surface area contributed by atoms with E-state index in [1.807, 2.05) is 19.1 Å². The van der Waals surface area contributed by atoms with E-state index in [-0.39, 0.29) is 30.2 Å². The fourth-order valence-electron chi connectivity index (χ4n) is 4.68. The lowest BCUT2D eigenvalue weighted by Crippen LogP contribution is -2.45. The molecule has 2 bridgehead atoms. The first kappa shape index (κ1) is 17.8. The van der Waals surface area contributed by atoms with E-state index in [1.54, 1.807) is 19.3 Å². The zero-order valence-corrected chi connectivity index (χ0v) is 15.6. The first-order valence-electron chi connectivity index (χ1n) is 8.92. The van der Waals surface area contributed by atoms with Crippen LogP contribution < -0.4 is 14.2 Å². The number of fused-ring (bicyclic) bond motifs is 3. The van der Waals surface area contributed by atoms with Crippen LogP contribution in [0.3, 0.4) is 0 Å². The summed E-state index contributed by atoms with van der Waals surface area (Å²) in [6.45, 7) is 5.78. The summed E-state index contributed by atoms with van der Waals surface area (Å²) < 4.78 is 22.1. The van der Waals surface area contributed by atoms with Gasteiger partial charge in [-0.3, -0.25) is 9.59 Å². The Kier molecular flexibility index (Phi) is 4.11. The van der Waals surface area contributed by atoms with E-state index in [4.69, 9.17) is 18.9 Å². The van der Waals surface area contributed by atoms with Crippen molar-refractivity contribution in [3.8, 4) is 17.2 Å². The zero-order chi connectivity index (χ0) is 19.3. The molecule has 1 aliphatic heterocycles. The van der Waals surface area contributed by atoms with Crippen molar-refractivity contribution in [1.82, 2.24) is 0 Å². The summed E-state index contributed by atoms with van der Waals surface area (Å²) in [5.41, 5.74) is 0.284. The highest BCUT2D eigenvalue weighted by Crippen LogP contribution is 2.56. The Hall–Kier alpha value is -2.60. The van der Waals surface area contributed by atoms with Gasteiger partial charge in [-0.05, 0) is 35.8 Å². The summed E-state index contributed by atoms with van der Waals surface area (Å²) in [5, 5.41) is 0. The smallest absolute Gasteiger partial charge is 0.231 e. The van der Waals surface area contributed by atoms with Gasteiger partial charge in [0.1, 0.15) is 5.60 Å². The van der Waals surface area contributed by atoms with Crippen LogP contribution in [-0.2, 0) is 14.3 Å². The third kappa shape index (κ3) is 2.29. The number of allylic oxidation sites excluding steroid dienone is 2. The largest absolute Gasteiger partial charge is 0.493 e. The summed E-state index contributed by atoms with van der Waals surface area (Å²) in [6.07, 6.45) is 3.79. The van der Waals surface area contributed by atoms with Gasteiger partial charge in [-0.2, -0.15) is 0 Å². The van der Waals surface area contributed by atoms with E-state index in [0.29, 0.717) is 29.2 Å². The molecule has 4 atom stereocenters. The number of ketones is 2. The van der Waals surface area contributed by atoms with Gasteiger partial charge in [0.05, 0.1) is 13.0 Å². The van der Waals surface area contributed by atoms with E-state index in [0.717, 1.165) is 5.56 Å². The zero-order valence-electron chi connectivity index (χ0n) is 15.6. The number of rotatable bonds is 5. The number of carbonyl (C=O) groups is 2. The minimum absolute atomic E-state index is 0.115. The Morgan fingerprint density at radius 1 is 1.30 bits per heavy atom. The molecule has 0 unspecified atom stereocenters. The Morgan fingerprint density at radius 2 is 2.07 bits per heavy atom. The van der Waals surface area contributed by atoms with E-state index in [1.165, 1.54) is 7.11 Å². The molecule has 0 N–H and O–H groups in total. The molecule has 6 heteroatoms. The second-order valence-electron chi connectivity index (χ2n) is 7.14. The second-order valence-corrected chi connectivity index (χ2v) is 7.14. The van der Waals surface area contributed by atoms with Gasteiger partial charge < -0.3 is 18.9 Å². The molecule has 142 valence electrons. The molecule has 27 heavy (non-hydrogen) atoms. The lowest BCUT2D eigenvalue weighted by Gasteiger charge is -2.30. The van der Waals surface area contributed by atoms with Crippen LogP contribution in [0.4, 0.5) is 0 Å². The van der Waals surface area contributed by atoms with Gasteiger partial charge in [0.25, 0.3) is 0 Å². The first-order chi connectivity index (χ1) is 13.0. The Labute approximate surface area is 157 Å². The average molecular weight is 370 g/mol. The maximum absolute atomic E-state index is 13.2. The molecule has 0 radical (unpaired) electrons. The molecule has 6 nitrogen and oxygen atoms in total. The molecule has 1 fully saturated rings. The lowest BCUT2D eigenvalue weighted by molar-refractivity contribution is -0.141. The topological polar surface area (TPSA) is 71.1 Å². The Balaban J connectivity index is 1.86. The highest BCUT2D eigenvalue weighted by Gasteiger charge is 2.63. The maximum Gasteiger partial charge on any atom is 0.231 e. The molecular formula is C21H22O6. The van der Waals surface area contributed by atoms with Gasteiger partial charge in [0.2, 0.25) is 12.5 Å². The molecule has 4 rings (SSSR count). The number of hydrogen-bond acceptors (Lipinski definition) is 6. The van der Waals surface area contributed by atoms with Gasteiger partial charge in [0.15, 0.2) is 23.1 Å². The molecule has 1 aromatic rings. The third-order valence-corrected chi connectivity index (χ3v) is 6.00. The van der Waals surface area contributed by atoms with Crippen LogP contribution in [-0.4, -0.2) is 38.2 Å². The second kappa shape index (κ2) is 6.23. The van der Waals surface area contributed by atoms with Crippen LogP contribution in [0.15, 0.2) is 36.4 Å². The number of ether oxygens (including phenoxy) is 4. The molecule has 0 spiro atoms. The molecule has 1 saturated carbocycles. The maximum atomic E-state index is 13.2. The van der Waals surface area contributed by atoms with Crippen molar-refractivity contribution in [2.45, 2.75) is 24.9 Å². The van der Waals surface area contributed by atoms with Crippen molar-refractivity contribution in [2.24, 2.45) is 11.8 Å². The van der Waals surface area contributed by atoms with Gasteiger partial charge in [-0.15, -0.1) is 6.58 Å². The van der Waals surface area contributed by atoms with E-state index in [2.05, 4.69) is 6.58 Å². The quantitative estimate of drug-likeness (QED) is 0.586. The predicted molar refractivity (Wildman–Crippen MR) is 97.2 cm³/mol. The number of Topliss-reactive ketones (excluding diaryl/α,β-unsaturated/α-hetero) is 2. The van der Waals surface area contributed by atoms with E-state index >= 15 is 0 Å². The van der Waals surface area contributed by atoms with Crippen LogP contribution >= 0.6 is 0 Å². The minimum Gasteiger partial charge on any atom is -0.493 e. The first-order valence-corrected chi connectivity index (χ1v) is 8.92.